The molecule has 10 heteroatoms. The summed E-state index contributed by atoms with van der Waals surface area (Å²) in [5.74, 6) is -0.624. The first-order valence-electron chi connectivity index (χ1n) is 9.49. The number of para-hydroxylation sites is 1. The quantitative estimate of drug-likeness (QED) is 0.291. The number of aromatic nitrogens is 2. The van der Waals surface area contributed by atoms with Gasteiger partial charge in [-0.05, 0) is 35.0 Å². The maximum absolute atomic E-state index is 13.6. The van der Waals surface area contributed by atoms with Crippen molar-refractivity contribution in [3.8, 4) is 5.75 Å². The van der Waals surface area contributed by atoms with Crippen molar-refractivity contribution in [3.05, 3.63) is 72.5 Å². The summed E-state index contributed by atoms with van der Waals surface area (Å²) in [5, 5.41) is 15.4. The molecule has 1 aromatic heterocycles. The number of anilines is 2. The van der Waals surface area contributed by atoms with Crippen LogP contribution >= 0.6 is 23.1 Å². The molecule has 0 unspecified atom stereocenters. The largest absolute Gasteiger partial charge is 0.484 e. The van der Waals surface area contributed by atoms with Crippen molar-refractivity contribution in [2.24, 2.45) is 0 Å². The minimum atomic E-state index is -0.502. The fourth-order valence-electron chi connectivity index (χ4n) is 2.76. The monoisotopic (exact) mass is 468 g/mol. The van der Waals surface area contributed by atoms with E-state index in [1.54, 1.807) is 12.1 Å². The van der Waals surface area contributed by atoms with E-state index in [2.05, 4.69) is 20.8 Å². The number of nitrogens with one attached hydrogen (secondary N) is 2. The van der Waals surface area contributed by atoms with Crippen LogP contribution in [-0.4, -0.2) is 34.4 Å². The topological polar surface area (TPSA) is 93.2 Å². The summed E-state index contributed by atoms with van der Waals surface area (Å²) >= 11 is 2.28. The summed E-state index contributed by atoms with van der Waals surface area (Å²) in [6.45, 7) is -0.175. The van der Waals surface area contributed by atoms with Gasteiger partial charge in [-0.1, -0.05) is 65.6 Å². The van der Waals surface area contributed by atoms with Gasteiger partial charge >= 0.3 is 0 Å². The third-order valence-corrected chi connectivity index (χ3v) is 6.19. The van der Waals surface area contributed by atoms with Gasteiger partial charge in [0.2, 0.25) is 11.0 Å². The number of ether oxygens (including phenoxy) is 1. The number of hydrogen-bond donors (Lipinski definition) is 2. The molecule has 0 spiro atoms. The maximum Gasteiger partial charge on any atom is 0.264 e. The molecule has 2 N–H and O–H groups in total. The van der Waals surface area contributed by atoms with E-state index in [-0.39, 0.29) is 29.9 Å². The highest BCUT2D eigenvalue weighted by atomic mass is 32.2. The molecule has 1 heterocycles. The minimum absolute atomic E-state index is 0.0298. The molecule has 0 bridgehead atoms. The lowest BCUT2D eigenvalue weighted by atomic mass is 10.1. The van der Waals surface area contributed by atoms with Crippen molar-refractivity contribution in [2.75, 3.05) is 23.0 Å². The average molecular weight is 469 g/mol. The molecular formula is C22H17FN4O3S2. The molecule has 32 heavy (non-hydrogen) atoms. The third kappa shape index (κ3) is 5.80. The lowest BCUT2D eigenvalue weighted by molar-refractivity contribution is -0.118. The Morgan fingerprint density at radius 2 is 1.72 bits per heavy atom. The lowest BCUT2D eigenvalue weighted by Gasteiger charge is -2.06. The smallest absolute Gasteiger partial charge is 0.264 e. The van der Waals surface area contributed by atoms with Gasteiger partial charge in [0.1, 0.15) is 11.6 Å². The summed E-state index contributed by atoms with van der Waals surface area (Å²) in [7, 11) is 0. The molecular weight excluding hydrogens is 451 g/mol. The zero-order valence-electron chi connectivity index (χ0n) is 16.6. The van der Waals surface area contributed by atoms with E-state index < -0.39 is 5.82 Å². The van der Waals surface area contributed by atoms with E-state index >= 15 is 0 Å². The predicted octanol–water partition coefficient (Wildman–Crippen LogP) is 4.58. The van der Waals surface area contributed by atoms with Gasteiger partial charge in [-0.2, -0.15) is 0 Å². The number of hydrogen-bond acceptors (Lipinski definition) is 7. The molecule has 3 aromatic carbocycles. The Morgan fingerprint density at radius 3 is 2.56 bits per heavy atom. The van der Waals surface area contributed by atoms with Crippen LogP contribution in [0.3, 0.4) is 0 Å². The van der Waals surface area contributed by atoms with E-state index in [9.17, 15) is 14.0 Å². The summed E-state index contributed by atoms with van der Waals surface area (Å²) < 4.78 is 19.6. The van der Waals surface area contributed by atoms with Crippen LogP contribution in [0.5, 0.6) is 5.75 Å². The van der Waals surface area contributed by atoms with Crippen molar-refractivity contribution in [1.82, 2.24) is 10.2 Å². The Labute approximate surface area is 191 Å². The molecule has 0 aliphatic rings. The summed E-state index contributed by atoms with van der Waals surface area (Å²) in [4.78, 5) is 24.2. The van der Waals surface area contributed by atoms with Crippen LogP contribution in [-0.2, 0) is 9.59 Å². The van der Waals surface area contributed by atoms with Gasteiger partial charge < -0.3 is 10.1 Å². The van der Waals surface area contributed by atoms with Crippen molar-refractivity contribution >= 4 is 56.5 Å². The van der Waals surface area contributed by atoms with Gasteiger partial charge in [0.05, 0.1) is 11.4 Å². The molecule has 0 fully saturated rings. The first-order valence-corrected chi connectivity index (χ1v) is 11.3. The average Bonchev–Trinajstić information content (AvgIpc) is 3.25. The number of benzene rings is 3. The Balaban J connectivity index is 1.23. The highest BCUT2D eigenvalue weighted by molar-refractivity contribution is 8.01. The fraction of sp³-hybridized carbons (Fsp3) is 0.0909. The Kier molecular flexibility index (Phi) is 6.93. The Morgan fingerprint density at radius 1 is 0.938 bits per heavy atom. The molecule has 4 rings (SSSR count). The molecule has 0 aliphatic carbocycles. The first kappa shape index (κ1) is 21.7. The number of halogens is 1. The molecule has 162 valence electrons. The van der Waals surface area contributed by atoms with Crippen LogP contribution in [0.2, 0.25) is 0 Å². The highest BCUT2D eigenvalue weighted by Crippen LogP contribution is 2.26. The first-order chi connectivity index (χ1) is 15.6. The van der Waals surface area contributed by atoms with Gasteiger partial charge in [0, 0.05) is 0 Å². The summed E-state index contributed by atoms with van der Waals surface area (Å²) in [6, 6.07) is 19.4. The van der Waals surface area contributed by atoms with Crippen molar-refractivity contribution in [2.45, 2.75) is 4.34 Å². The van der Waals surface area contributed by atoms with E-state index in [1.165, 1.54) is 12.1 Å². The molecule has 2 amide bonds. The zero-order chi connectivity index (χ0) is 22.3. The third-order valence-electron chi connectivity index (χ3n) is 4.22. The van der Waals surface area contributed by atoms with Crippen LogP contribution in [0, 0.1) is 5.82 Å². The predicted molar refractivity (Wildman–Crippen MR) is 124 cm³/mol. The lowest BCUT2D eigenvalue weighted by Crippen LogP contribution is -2.20. The van der Waals surface area contributed by atoms with E-state index in [4.69, 9.17) is 4.74 Å². The molecule has 0 radical (unpaired) electrons. The second-order valence-corrected chi connectivity index (χ2v) is 8.74. The maximum atomic E-state index is 13.6. The molecule has 0 saturated heterocycles. The fourth-order valence-corrected chi connectivity index (χ4v) is 4.32. The number of fused-ring (bicyclic) bond motifs is 1. The van der Waals surface area contributed by atoms with Crippen LogP contribution in [0.4, 0.5) is 15.2 Å². The van der Waals surface area contributed by atoms with Gasteiger partial charge in [-0.3, -0.25) is 14.9 Å². The summed E-state index contributed by atoms with van der Waals surface area (Å²) in [6.07, 6.45) is 0. The molecule has 0 saturated carbocycles. The van der Waals surface area contributed by atoms with E-state index in [1.807, 2.05) is 42.5 Å². The van der Waals surface area contributed by atoms with Crippen molar-refractivity contribution in [1.29, 1.82) is 0 Å². The Bertz CT molecular complexity index is 1260. The van der Waals surface area contributed by atoms with Crippen LogP contribution < -0.4 is 15.4 Å². The number of amides is 2. The standard InChI is InChI=1S/C22H17FN4O3S2/c23-17-7-3-4-8-18(17)24-20(29)13-31-22-27-26-21(32-22)25-19(28)12-30-16-10-9-14-5-1-2-6-15(14)11-16/h1-11H,12-13H2,(H,24,29)(H,25,26,28). The second kappa shape index (κ2) is 10.2. The zero-order valence-corrected chi connectivity index (χ0v) is 18.2. The minimum Gasteiger partial charge on any atom is -0.484 e. The van der Waals surface area contributed by atoms with Crippen LogP contribution in [0.1, 0.15) is 0 Å². The number of carbonyl (C=O) groups excluding carboxylic acids is 2. The van der Waals surface area contributed by atoms with E-state index in [0.717, 1.165) is 33.9 Å². The normalized spacial score (nSPS) is 10.7. The number of carbonyl (C=O) groups is 2. The number of rotatable bonds is 8. The van der Waals surface area contributed by atoms with E-state index in [0.29, 0.717) is 15.2 Å². The van der Waals surface area contributed by atoms with Gasteiger partial charge in [0.15, 0.2) is 10.9 Å². The van der Waals surface area contributed by atoms with Gasteiger partial charge in [-0.15, -0.1) is 10.2 Å². The highest BCUT2D eigenvalue weighted by Gasteiger charge is 2.12. The number of thioether (sulfide) groups is 1. The molecule has 0 aliphatic heterocycles. The van der Waals surface area contributed by atoms with Crippen molar-refractivity contribution < 1.29 is 18.7 Å². The Hall–Kier alpha value is -3.50. The summed E-state index contributed by atoms with van der Waals surface area (Å²) in [5.41, 5.74) is 0.120. The SMILES string of the molecule is O=C(COc1ccc2ccccc2c1)Nc1nnc(SCC(=O)Nc2ccccc2F)s1. The van der Waals surface area contributed by atoms with Crippen molar-refractivity contribution in [3.63, 3.8) is 0 Å². The molecule has 0 atom stereocenters. The van der Waals surface area contributed by atoms with Gasteiger partial charge in [-0.25, -0.2) is 4.39 Å². The van der Waals surface area contributed by atoms with Crippen LogP contribution in [0.25, 0.3) is 10.8 Å². The number of nitrogens with zero attached hydrogens (tertiary/aromatic N) is 2. The second-order valence-electron chi connectivity index (χ2n) is 6.54. The van der Waals surface area contributed by atoms with Crippen LogP contribution in [0.15, 0.2) is 71.1 Å². The molecule has 4 aromatic rings. The molecule has 7 nitrogen and oxygen atoms in total. The van der Waals surface area contributed by atoms with Gasteiger partial charge in [0.25, 0.3) is 5.91 Å².